The van der Waals surface area contributed by atoms with Crippen LogP contribution in [0.1, 0.15) is 31.9 Å². The molecule has 1 saturated carbocycles. The summed E-state index contributed by atoms with van der Waals surface area (Å²) in [6.45, 7) is 4.18. The zero-order valence-corrected chi connectivity index (χ0v) is 15.4. The summed E-state index contributed by atoms with van der Waals surface area (Å²) in [6.07, 6.45) is 3.95. The van der Waals surface area contributed by atoms with E-state index in [1.807, 2.05) is 26.0 Å². The molecule has 128 valence electrons. The lowest BCUT2D eigenvalue weighted by molar-refractivity contribution is 0.256. The molecule has 3 rings (SSSR count). The number of hydrogen-bond donors (Lipinski definition) is 2. The van der Waals surface area contributed by atoms with Crippen molar-refractivity contribution in [3.05, 3.63) is 11.1 Å². The summed E-state index contributed by atoms with van der Waals surface area (Å²) in [4.78, 5) is 13.6. The smallest absolute Gasteiger partial charge is 0.191 e. The molecule has 2 unspecified atom stereocenters. The van der Waals surface area contributed by atoms with Crippen LogP contribution >= 0.6 is 11.3 Å². The summed E-state index contributed by atoms with van der Waals surface area (Å²) in [6, 6.07) is 2.01. The molecule has 0 spiro atoms. The van der Waals surface area contributed by atoms with Crippen LogP contribution in [0.3, 0.4) is 0 Å². The molecule has 2 fully saturated rings. The van der Waals surface area contributed by atoms with Crippen molar-refractivity contribution in [2.24, 2.45) is 4.99 Å². The van der Waals surface area contributed by atoms with Crippen LogP contribution in [0.2, 0.25) is 0 Å². The van der Waals surface area contributed by atoms with Crippen molar-refractivity contribution in [1.82, 2.24) is 20.5 Å². The minimum absolute atomic E-state index is 0.490. The van der Waals surface area contributed by atoms with Crippen molar-refractivity contribution < 1.29 is 0 Å². The highest BCUT2D eigenvalue weighted by Gasteiger charge is 2.38. The van der Waals surface area contributed by atoms with Crippen molar-refractivity contribution >= 4 is 22.4 Å². The Morgan fingerprint density at radius 1 is 1.48 bits per heavy atom. The molecule has 2 N–H and O–H groups in total. The average molecular weight is 337 g/mol. The minimum atomic E-state index is 0.490. The third kappa shape index (κ3) is 4.14. The van der Waals surface area contributed by atoms with Crippen molar-refractivity contribution in [3.8, 4) is 0 Å². The Bertz CT molecular complexity index is 551. The number of rotatable bonds is 5. The van der Waals surface area contributed by atoms with Crippen molar-refractivity contribution in [1.29, 1.82) is 0 Å². The van der Waals surface area contributed by atoms with Crippen LogP contribution in [0.4, 0.5) is 5.13 Å². The molecule has 1 aromatic rings. The first kappa shape index (κ1) is 16.5. The molecule has 1 aliphatic heterocycles. The molecule has 0 radical (unpaired) electrons. The lowest BCUT2D eigenvalue weighted by Gasteiger charge is -2.20. The van der Waals surface area contributed by atoms with Crippen LogP contribution in [0.25, 0.3) is 0 Å². The molecule has 2 aliphatic rings. The first-order valence-corrected chi connectivity index (χ1v) is 9.29. The minimum Gasteiger partial charge on any atom is -0.354 e. The van der Waals surface area contributed by atoms with Crippen LogP contribution in [-0.2, 0) is 6.54 Å². The molecule has 0 amide bonds. The highest BCUT2D eigenvalue weighted by Crippen LogP contribution is 2.33. The van der Waals surface area contributed by atoms with Gasteiger partial charge >= 0.3 is 0 Å². The highest BCUT2D eigenvalue weighted by atomic mass is 32.1. The molecular formula is C16H28N6S. The Morgan fingerprint density at radius 3 is 2.87 bits per heavy atom. The molecule has 0 aromatic carbocycles. The maximum absolute atomic E-state index is 4.59. The zero-order chi connectivity index (χ0) is 16.4. The predicted molar refractivity (Wildman–Crippen MR) is 97.4 cm³/mol. The number of hydrogen-bond acceptors (Lipinski definition) is 5. The van der Waals surface area contributed by atoms with Gasteiger partial charge in [-0.2, -0.15) is 0 Å². The van der Waals surface area contributed by atoms with Gasteiger partial charge in [-0.3, -0.25) is 9.89 Å². The number of anilines is 1. The number of aromatic nitrogens is 1. The lowest BCUT2D eigenvalue weighted by Crippen LogP contribution is -2.44. The van der Waals surface area contributed by atoms with Gasteiger partial charge in [0.2, 0.25) is 0 Å². The van der Waals surface area contributed by atoms with Gasteiger partial charge in [0.25, 0.3) is 0 Å². The predicted octanol–water partition coefficient (Wildman–Crippen LogP) is 1.50. The fourth-order valence-corrected chi connectivity index (χ4v) is 3.98. The summed E-state index contributed by atoms with van der Waals surface area (Å²) in [7, 11) is 5.87. The molecule has 1 aliphatic carbocycles. The molecule has 0 bridgehead atoms. The van der Waals surface area contributed by atoms with E-state index in [9.17, 15) is 0 Å². The van der Waals surface area contributed by atoms with Crippen molar-refractivity contribution in [3.63, 3.8) is 0 Å². The Morgan fingerprint density at radius 2 is 2.26 bits per heavy atom. The lowest BCUT2D eigenvalue weighted by atomic mass is 10.2. The summed E-state index contributed by atoms with van der Waals surface area (Å²) < 4.78 is 0. The molecule has 2 heterocycles. The number of nitrogens with zero attached hydrogens (tertiary/aromatic N) is 4. The Labute approximate surface area is 143 Å². The van der Waals surface area contributed by atoms with Crippen LogP contribution in [0.5, 0.6) is 0 Å². The van der Waals surface area contributed by atoms with Gasteiger partial charge < -0.3 is 15.5 Å². The summed E-state index contributed by atoms with van der Waals surface area (Å²) >= 11 is 1.67. The fourth-order valence-electron chi connectivity index (χ4n) is 3.22. The monoisotopic (exact) mass is 336 g/mol. The molecule has 23 heavy (non-hydrogen) atoms. The van der Waals surface area contributed by atoms with Gasteiger partial charge in [-0.25, -0.2) is 4.98 Å². The topological polar surface area (TPSA) is 55.8 Å². The van der Waals surface area contributed by atoms with E-state index < -0.39 is 0 Å². The second kappa shape index (κ2) is 7.05. The normalized spacial score (nSPS) is 25.7. The van der Waals surface area contributed by atoms with Gasteiger partial charge in [0.1, 0.15) is 0 Å². The van der Waals surface area contributed by atoms with Gasteiger partial charge in [0.05, 0.1) is 12.2 Å². The van der Waals surface area contributed by atoms with Gasteiger partial charge in [0.15, 0.2) is 11.1 Å². The molecule has 6 nitrogen and oxygen atoms in total. The van der Waals surface area contributed by atoms with Crippen LogP contribution in [0.15, 0.2) is 10.4 Å². The SMILES string of the molecule is CN=C(NCc1csc(N(C)C)n1)NC1CC(C)N(C2CC2)C1. The maximum Gasteiger partial charge on any atom is 0.191 e. The largest absolute Gasteiger partial charge is 0.354 e. The van der Waals surface area contributed by atoms with E-state index in [0.29, 0.717) is 18.6 Å². The number of nitrogens with one attached hydrogen (secondary N) is 2. The molecule has 2 atom stereocenters. The number of aliphatic imine (C=N–C) groups is 1. The number of thiazole rings is 1. The maximum atomic E-state index is 4.59. The molecule has 1 aromatic heterocycles. The van der Waals surface area contributed by atoms with Gasteiger partial charge in [-0.05, 0) is 26.2 Å². The second-order valence-corrected chi connectivity index (χ2v) is 7.63. The molecule has 1 saturated heterocycles. The van der Waals surface area contributed by atoms with Crippen LogP contribution in [-0.4, -0.2) is 61.7 Å². The van der Waals surface area contributed by atoms with E-state index in [-0.39, 0.29) is 0 Å². The summed E-state index contributed by atoms with van der Waals surface area (Å²) in [5.41, 5.74) is 1.06. The third-order valence-electron chi connectivity index (χ3n) is 4.56. The third-order valence-corrected chi connectivity index (χ3v) is 5.62. The fraction of sp³-hybridized carbons (Fsp3) is 0.750. The first-order valence-electron chi connectivity index (χ1n) is 8.41. The van der Waals surface area contributed by atoms with E-state index in [0.717, 1.165) is 29.4 Å². The zero-order valence-electron chi connectivity index (χ0n) is 14.5. The van der Waals surface area contributed by atoms with Crippen molar-refractivity contribution in [2.45, 2.75) is 50.9 Å². The average Bonchev–Trinajstić information content (AvgIpc) is 3.13. The van der Waals surface area contributed by atoms with Crippen LogP contribution < -0.4 is 15.5 Å². The Balaban J connectivity index is 1.48. The van der Waals surface area contributed by atoms with E-state index in [2.05, 4.69) is 37.8 Å². The van der Waals surface area contributed by atoms with Gasteiger partial charge in [-0.1, -0.05) is 0 Å². The highest BCUT2D eigenvalue weighted by molar-refractivity contribution is 7.13. The van der Waals surface area contributed by atoms with E-state index in [4.69, 9.17) is 0 Å². The second-order valence-electron chi connectivity index (χ2n) is 6.80. The quantitative estimate of drug-likeness (QED) is 0.630. The van der Waals surface area contributed by atoms with E-state index in [1.54, 1.807) is 11.3 Å². The van der Waals surface area contributed by atoms with Crippen LogP contribution in [0, 0.1) is 0 Å². The van der Waals surface area contributed by atoms with E-state index >= 15 is 0 Å². The van der Waals surface area contributed by atoms with Gasteiger partial charge in [-0.15, -0.1) is 11.3 Å². The molecular weight excluding hydrogens is 308 g/mol. The van der Waals surface area contributed by atoms with E-state index in [1.165, 1.54) is 19.3 Å². The first-order chi connectivity index (χ1) is 11.1. The molecule has 7 heteroatoms. The Kier molecular flexibility index (Phi) is 5.06. The standard InChI is InChI=1S/C16H28N6S/c1-11-7-12(9-22(11)14-5-6-14)19-15(17-2)18-8-13-10-23-16(20-13)21(3)4/h10-12,14H,5-9H2,1-4H3,(H2,17,18,19). The summed E-state index contributed by atoms with van der Waals surface area (Å²) in [5, 5.41) is 10.1. The van der Waals surface area contributed by atoms with Crippen molar-refractivity contribution in [2.75, 3.05) is 32.6 Å². The summed E-state index contributed by atoms with van der Waals surface area (Å²) in [5.74, 6) is 0.874. The Hall–Kier alpha value is -1.34. The number of likely N-dealkylation sites (tertiary alicyclic amines) is 1. The number of guanidine groups is 1. The van der Waals surface area contributed by atoms with Gasteiger partial charge in [0, 0.05) is 51.2 Å².